The Morgan fingerprint density at radius 1 is 1.20 bits per heavy atom. The molecule has 134 valence electrons. The monoisotopic (exact) mass is 426 g/mol. The molecule has 0 saturated heterocycles. The highest BCUT2D eigenvalue weighted by atomic mass is 79.9. The van der Waals surface area contributed by atoms with Crippen LogP contribution >= 0.6 is 15.9 Å². The molecule has 2 rings (SSSR count). The molecule has 0 saturated carbocycles. The predicted octanol–water partition coefficient (Wildman–Crippen LogP) is 3.03. The molecular formula is C17H19BrN2O4S. The van der Waals surface area contributed by atoms with Gasteiger partial charge in [-0.3, -0.25) is 4.79 Å². The lowest BCUT2D eigenvalue weighted by atomic mass is 10.2. The number of aryl methyl sites for hydroxylation is 1. The summed E-state index contributed by atoms with van der Waals surface area (Å²) in [6.45, 7) is 1.58. The minimum Gasteiger partial charge on any atom is -0.495 e. The summed E-state index contributed by atoms with van der Waals surface area (Å²) in [5, 5.41) is 2.69. The first-order valence-corrected chi connectivity index (χ1v) is 9.63. The zero-order valence-corrected chi connectivity index (χ0v) is 16.5. The molecule has 2 aromatic carbocycles. The Morgan fingerprint density at radius 3 is 2.44 bits per heavy atom. The maximum atomic E-state index is 12.5. The molecule has 0 aromatic heterocycles. The Hall–Kier alpha value is -1.90. The van der Waals surface area contributed by atoms with E-state index in [1.807, 2.05) is 13.0 Å². The van der Waals surface area contributed by atoms with Gasteiger partial charge in [0.15, 0.2) is 0 Å². The highest BCUT2D eigenvalue weighted by molar-refractivity contribution is 9.10. The Labute approximate surface area is 156 Å². The van der Waals surface area contributed by atoms with Crippen LogP contribution < -0.4 is 10.1 Å². The van der Waals surface area contributed by atoms with Crippen LogP contribution in [-0.2, 0) is 14.8 Å². The molecule has 0 bridgehead atoms. The first-order valence-electron chi connectivity index (χ1n) is 7.40. The van der Waals surface area contributed by atoms with Crippen LogP contribution in [0.15, 0.2) is 51.8 Å². The normalized spacial score (nSPS) is 11.4. The number of carbonyl (C=O) groups is 1. The molecular weight excluding hydrogens is 408 g/mol. The highest BCUT2D eigenvalue weighted by Gasteiger charge is 2.23. The Kier molecular flexibility index (Phi) is 6.21. The molecule has 0 unspecified atom stereocenters. The van der Waals surface area contributed by atoms with Crippen molar-refractivity contribution in [2.45, 2.75) is 11.8 Å². The summed E-state index contributed by atoms with van der Waals surface area (Å²) < 4.78 is 32.0. The molecule has 0 atom stereocenters. The molecule has 25 heavy (non-hydrogen) atoms. The van der Waals surface area contributed by atoms with Crippen LogP contribution in [0.3, 0.4) is 0 Å². The van der Waals surface area contributed by atoms with E-state index in [4.69, 9.17) is 4.74 Å². The van der Waals surface area contributed by atoms with Gasteiger partial charge in [-0.15, -0.1) is 0 Å². The number of hydrogen-bond acceptors (Lipinski definition) is 4. The van der Waals surface area contributed by atoms with Gasteiger partial charge in [0, 0.05) is 11.5 Å². The number of methoxy groups -OCH3 is 1. The van der Waals surface area contributed by atoms with Crippen LogP contribution in [-0.4, -0.2) is 39.3 Å². The number of sulfonamides is 1. The molecule has 0 heterocycles. The lowest BCUT2D eigenvalue weighted by molar-refractivity contribution is -0.116. The minimum absolute atomic E-state index is 0.124. The molecule has 0 aliphatic carbocycles. The van der Waals surface area contributed by atoms with Crippen LogP contribution in [0.2, 0.25) is 0 Å². The van der Waals surface area contributed by atoms with E-state index in [2.05, 4.69) is 21.2 Å². The summed E-state index contributed by atoms with van der Waals surface area (Å²) in [7, 11) is -0.877. The zero-order valence-electron chi connectivity index (χ0n) is 14.1. The van der Waals surface area contributed by atoms with Gasteiger partial charge in [0.05, 0.1) is 24.2 Å². The van der Waals surface area contributed by atoms with E-state index >= 15 is 0 Å². The fourth-order valence-corrected chi connectivity index (χ4v) is 3.57. The van der Waals surface area contributed by atoms with Gasteiger partial charge in [-0.2, -0.15) is 4.31 Å². The molecule has 0 aliphatic heterocycles. The van der Waals surface area contributed by atoms with Crippen molar-refractivity contribution in [3.05, 3.63) is 52.5 Å². The topological polar surface area (TPSA) is 75.7 Å². The number of amides is 1. The maximum Gasteiger partial charge on any atom is 0.243 e. The third kappa shape index (κ3) is 4.81. The van der Waals surface area contributed by atoms with Crippen molar-refractivity contribution < 1.29 is 17.9 Å². The van der Waals surface area contributed by atoms with Crippen LogP contribution in [0.5, 0.6) is 5.75 Å². The largest absolute Gasteiger partial charge is 0.495 e. The number of likely N-dealkylation sites (N-methyl/N-ethyl adjacent to an activating group) is 1. The van der Waals surface area contributed by atoms with Crippen molar-refractivity contribution in [3.63, 3.8) is 0 Å². The number of halogens is 1. The average Bonchev–Trinajstić information content (AvgIpc) is 2.55. The lowest BCUT2D eigenvalue weighted by Crippen LogP contribution is -2.35. The smallest absolute Gasteiger partial charge is 0.243 e. The fourth-order valence-electron chi connectivity index (χ4n) is 2.18. The van der Waals surface area contributed by atoms with E-state index in [0.717, 1.165) is 14.3 Å². The number of rotatable bonds is 6. The van der Waals surface area contributed by atoms with E-state index < -0.39 is 15.9 Å². The van der Waals surface area contributed by atoms with Gasteiger partial charge in [0.25, 0.3) is 0 Å². The van der Waals surface area contributed by atoms with Crippen molar-refractivity contribution >= 4 is 37.5 Å². The van der Waals surface area contributed by atoms with Crippen LogP contribution in [0, 0.1) is 6.92 Å². The highest BCUT2D eigenvalue weighted by Crippen LogP contribution is 2.25. The summed E-state index contributed by atoms with van der Waals surface area (Å²) in [5.74, 6) is 0.0597. The molecule has 0 spiro atoms. The van der Waals surface area contributed by atoms with Gasteiger partial charge in [-0.05, 0) is 48.9 Å². The average molecular weight is 427 g/mol. The van der Waals surface area contributed by atoms with Crippen LogP contribution in [0.4, 0.5) is 5.69 Å². The van der Waals surface area contributed by atoms with Crippen molar-refractivity contribution in [3.8, 4) is 5.75 Å². The number of ether oxygens (including phenoxy) is 1. The molecule has 8 heteroatoms. The molecule has 1 N–H and O–H groups in total. The zero-order chi connectivity index (χ0) is 18.6. The van der Waals surface area contributed by atoms with Crippen LogP contribution in [0.25, 0.3) is 0 Å². The van der Waals surface area contributed by atoms with E-state index in [0.29, 0.717) is 11.4 Å². The SMILES string of the molecule is COc1ccc(C)cc1NC(=O)CN(C)S(=O)(=O)c1ccc(Br)cc1. The predicted molar refractivity (Wildman–Crippen MR) is 100 cm³/mol. The maximum absolute atomic E-state index is 12.5. The number of benzene rings is 2. The second-order valence-electron chi connectivity index (χ2n) is 5.47. The minimum atomic E-state index is -3.75. The molecule has 0 radical (unpaired) electrons. The first-order chi connectivity index (χ1) is 11.7. The quantitative estimate of drug-likeness (QED) is 0.769. The molecule has 0 aliphatic rings. The van der Waals surface area contributed by atoms with Crippen molar-refractivity contribution in [2.75, 3.05) is 26.0 Å². The summed E-state index contributed by atoms with van der Waals surface area (Å²) in [6, 6.07) is 11.6. The molecule has 0 fully saturated rings. The first kappa shape index (κ1) is 19.4. The van der Waals surface area contributed by atoms with Gasteiger partial charge in [-0.25, -0.2) is 8.42 Å². The third-order valence-electron chi connectivity index (χ3n) is 3.52. The van der Waals surface area contributed by atoms with Gasteiger partial charge in [-0.1, -0.05) is 22.0 Å². The van der Waals surface area contributed by atoms with Crippen molar-refractivity contribution in [1.82, 2.24) is 4.31 Å². The fraction of sp³-hybridized carbons (Fsp3) is 0.235. The number of nitrogens with one attached hydrogen (secondary N) is 1. The standard InChI is InChI=1S/C17H19BrN2O4S/c1-12-4-9-16(24-3)15(10-12)19-17(21)11-20(2)25(22,23)14-7-5-13(18)6-8-14/h4-10H,11H2,1-3H3,(H,19,21). The van der Waals surface area contributed by atoms with Gasteiger partial charge >= 0.3 is 0 Å². The van der Waals surface area contributed by atoms with Crippen molar-refractivity contribution in [2.24, 2.45) is 0 Å². The van der Waals surface area contributed by atoms with E-state index in [9.17, 15) is 13.2 Å². The summed E-state index contributed by atoms with van der Waals surface area (Å²) in [6.07, 6.45) is 0. The lowest BCUT2D eigenvalue weighted by Gasteiger charge is -2.18. The van der Waals surface area contributed by atoms with E-state index in [1.54, 1.807) is 24.3 Å². The van der Waals surface area contributed by atoms with Crippen molar-refractivity contribution in [1.29, 1.82) is 0 Å². The molecule has 2 aromatic rings. The van der Waals surface area contributed by atoms with Gasteiger partial charge in [0.2, 0.25) is 15.9 Å². The summed E-state index contributed by atoms with van der Waals surface area (Å²) in [5.41, 5.74) is 1.45. The Bertz CT molecular complexity index is 867. The second-order valence-corrected chi connectivity index (χ2v) is 8.43. The number of hydrogen-bond donors (Lipinski definition) is 1. The number of carbonyl (C=O) groups excluding carboxylic acids is 1. The van der Waals surface area contributed by atoms with E-state index in [1.165, 1.54) is 26.3 Å². The van der Waals surface area contributed by atoms with Gasteiger partial charge < -0.3 is 10.1 Å². The summed E-state index contributed by atoms with van der Waals surface area (Å²) in [4.78, 5) is 12.4. The van der Waals surface area contributed by atoms with Gasteiger partial charge in [0.1, 0.15) is 5.75 Å². The second kappa shape index (κ2) is 7.99. The molecule has 6 nitrogen and oxygen atoms in total. The Balaban J connectivity index is 2.12. The third-order valence-corrected chi connectivity index (χ3v) is 5.86. The van der Waals surface area contributed by atoms with Crippen LogP contribution in [0.1, 0.15) is 5.56 Å². The number of nitrogens with zero attached hydrogens (tertiary/aromatic N) is 1. The number of anilines is 1. The van der Waals surface area contributed by atoms with E-state index in [-0.39, 0.29) is 11.4 Å². The molecule has 1 amide bonds. The Morgan fingerprint density at radius 2 is 1.84 bits per heavy atom. The summed E-state index contributed by atoms with van der Waals surface area (Å²) >= 11 is 3.26.